The van der Waals surface area contributed by atoms with Crippen LogP contribution in [0.2, 0.25) is 0 Å². The van der Waals surface area contributed by atoms with Crippen LogP contribution in [0.4, 0.5) is 43.1 Å². The number of fused-ring (bicyclic) bond motifs is 2. The number of hydrogen-bond donors (Lipinski definition) is 2. The molecule has 2 bridgehead atoms. The summed E-state index contributed by atoms with van der Waals surface area (Å²) in [6.07, 6.45) is 0.702. The van der Waals surface area contributed by atoms with Crippen LogP contribution in [0.1, 0.15) is 50.5 Å². The highest BCUT2D eigenvalue weighted by molar-refractivity contribution is 7.93. The molecule has 1 spiro atoms. The zero-order chi connectivity index (χ0) is 39.4. The molecule has 2 aromatic carbocycles. The van der Waals surface area contributed by atoms with Crippen molar-refractivity contribution >= 4 is 48.0 Å². The van der Waals surface area contributed by atoms with E-state index < -0.39 is 60.0 Å². The van der Waals surface area contributed by atoms with E-state index in [-0.39, 0.29) is 71.1 Å². The molecule has 0 radical (unpaired) electrons. The molecule has 3 saturated heterocycles. The fourth-order valence-electron chi connectivity index (χ4n) is 9.13. The van der Waals surface area contributed by atoms with Gasteiger partial charge >= 0.3 is 0 Å². The Labute approximate surface area is 322 Å². The quantitative estimate of drug-likeness (QED) is 0.166. The van der Waals surface area contributed by atoms with Gasteiger partial charge in [0.15, 0.2) is 20.8 Å². The van der Waals surface area contributed by atoms with Gasteiger partial charge in [0.05, 0.1) is 33.5 Å². The lowest BCUT2D eigenvalue weighted by molar-refractivity contribution is -0.127. The van der Waals surface area contributed by atoms with Crippen LogP contribution in [0, 0.1) is 17.0 Å². The normalized spacial score (nSPS) is 24.2. The van der Waals surface area contributed by atoms with Gasteiger partial charge in [-0.05, 0) is 49.9 Å². The molecule has 56 heavy (non-hydrogen) atoms. The third-order valence-corrected chi connectivity index (χ3v) is 16.2. The van der Waals surface area contributed by atoms with Crippen molar-refractivity contribution in [3.05, 3.63) is 65.9 Å². The lowest BCUT2D eigenvalue weighted by Crippen LogP contribution is -2.61. The second kappa shape index (κ2) is 13.3. The number of thiazole rings is 1. The first-order valence-electron chi connectivity index (χ1n) is 18.1. The summed E-state index contributed by atoms with van der Waals surface area (Å²) in [4.78, 5) is 17.4. The first-order valence-corrected chi connectivity index (χ1v) is 22.2. The van der Waals surface area contributed by atoms with Crippen molar-refractivity contribution < 1.29 is 43.2 Å². The number of alkyl halides is 4. The molecule has 4 aromatic rings. The third kappa shape index (κ3) is 6.68. The van der Waals surface area contributed by atoms with E-state index in [1.54, 1.807) is 6.07 Å². The number of rotatable bonds is 10. The predicted molar refractivity (Wildman–Crippen MR) is 197 cm³/mol. The van der Waals surface area contributed by atoms with Crippen molar-refractivity contribution in [2.45, 2.75) is 79.9 Å². The zero-order valence-electron chi connectivity index (χ0n) is 29.4. The Morgan fingerprint density at radius 3 is 2.27 bits per heavy atom. The summed E-state index contributed by atoms with van der Waals surface area (Å²) in [5.41, 5.74) is -1.61. The Hall–Kier alpha value is -4.01. The summed E-state index contributed by atoms with van der Waals surface area (Å²) >= 11 is 1.24. The molecule has 3 aliphatic heterocycles. The maximum Gasteiger partial charge on any atom is 0.265 e. The van der Waals surface area contributed by atoms with Crippen LogP contribution < -0.4 is 14.9 Å². The Balaban J connectivity index is 1.06. The largest absolute Gasteiger partial charge is 0.351 e. The first-order chi connectivity index (χ1) is 26.5. The second-order valence-electron chi connectivity index (χ2n) is 15.6. The maximum atomic E-state index is 16.6. The number of aromatic nitrogens is 3. The summed E-state index contributed by atoms with van der Waals surface area (Å²) in [5.74, 6) is -4.60. The van der Waals surface area contributed by atoms with Gasteiger partial charge in [-0.3, -0.25) is 9.62 Å². The van der Waals surface area contributed by atoms with E-state index in [9.17, 15) is 38.8 Å². The number of halogens is 6. The molecule has 0 amide bonds. The van der Waals surface area contributed by atoms with Crippen LogP contribution >= 0.6 is 11.3 Å². The van der Waals surface area contributed by atoms with Crippen molar-refractivity contribution in [1.82, 2.24) is 19.9 Å². The van der Waals surface area contributed by atoms with Gasteiger partial charge in [0.1, 0.15) is 10.7 Å². The van der Waals surface area contributed by atoms with Gasteiger partial charge in [0.2, 0.25) is 5.95 Å². The number of nitrogens with zero attached hydrogens (tertiary/aromatic N) is 5. The Bertz CT molecular complexity index is 2410. The number of hydrogen-bond acceptors (Lipinski definition) is 11. The molecule has 2 aliphatic carbocycles. The smallest absolute Gasteiger partial charge is 0.265 e. The Morgan fingerprint density at radius 1 is 0.911 bits per heavy atom. The molecule has 9 rings (SSSR count). The topological polar surface area (TPSA) is 137 Å². The molecular weight excluding hydrogens is 805 g/mol. The van der Waals surface area contributed by atoms with Gasteiger partial charge in [0, 0.05) is 72.8 Å². The van der Waals surface area contributed by atoms with Gasteiger partial charge in [-0.25, -0.2) is 58.1 Å². The van der Waals surface area contributed by atoms with E-state index in [0.717, 1.165) is 37.1 Å². The number of benzene rings is 2. The van der Waals surface area contributed by atoms with E-state index in [1.807, 2.05) is 4.72 Å². The van der Waals surface area contributed by atoms with Crippen LogP contribution in [0.25, 0.3) is 21.8 Å². The third-order valence-electron chi connectivity index (χ3n) is 11.6. The van der Waals surface area contributed by atoms with E-state index >= 15 is 4.39 Å². The number of sulfone groups is 1. The average molecular weight is 840 g/mol. The number of sulfonamides is 1. The van der Waals surface area contributed by atoms with Crippen LogP contribution in [0.5, 0.6) is 0 Å². The zero-order valence-corrected chi connectivity index (χ0v) is 31.9. The minimum atomic E-state index is -5.05. The van der Waals surface area contributed by atoms with E-state index in [4.69, 9.17) is 9.97 Å². The molecule has 5 aliphatic rings. The van der Waals surface area contributed by atoms with Gasteiger partial charge in [0.25, 0.3) is 22.4 Å². The fourth-order valence-corrected chi connectivity index (χ4v) is 13.9. The summed E-state index contributed by atoms with van der Waals surface area (Å²) in [7, 11) is -8.05. The summed E-state index contributed by atoms with van der Waals surface area (Å²) in [6, 6.07) is 7.53. The number of anilines is 3. The molecule has 11 nitrogen and oxygen atoms in total. The van der Waals surface area contributed by atoms with E-state index in [2.05, 4.69) is 20.1 Å². The van der Waals surface area contributed by atoms with Crippen molar-refractivity contribution in [1.29, 1.82) is 0 Å². The van der Waals surface area contributed by atoms with Crippen LogP contribution in [-0.2, 0) is 19.9 Å². The summed E-state index contributed by atoms with van der Waals surface area (Å²) in [5, 5.41) is 3.79. The first kappa shape index (κ1) is 37.6. The highest BCUT2D eigenvalue weighted by Crippen LogP contribution is 2.51. The summed E-state index contributed by atoms with van der Waals surface area (Å²) in [6.45, 7) is 1.10. The molecule has 2 saturated carbocycles. The lowest BCUT2D eigenvalue weighted by atomic mass is 9.67. The van der Waals surface area contributed by atoms with Gasteiger partial charge in [-0.1, -0.05) is 29.5 Å². The number of nitrogens with one attached hydrogen (secondary N) is 2. The van der Waals surface area contributed by atoms with Crippen molar-refractivity contribution in [2.24, 2.45) is 5.41 Å². The lowest BCUT2D eigenvalue weighted by Gasteiger charge is -2.53. The second-order valence-corrected chi connectivity index (χ2v) is 20.3. The van der Waals surface area contributed by atoms with Gasteiger partial charge < -0.3 is 10.2 Å². The monoisotopic (exact) mass is 839 g/mol. The highest BCUT2D eigenvalue weighted by atomic mass is 32.2. The molecule has 2 N–H and O–H groups in total. The molecule has 2 aromatic heterocycles. The molecule has 298 valence electrons. The van der Waals surface area contributed by atoms with Crippen LogP contribution in [0.3, 0.4) is 0 Å². The van der Waals surface area contributed by atoms with Crippen molar-refractivity contribution in [3.63, 3.8) is 0 Å². The minimum absolute atomic E-state index is 0.0495. The molecule has 2 unspecified atom stereocenters. The fraction of sp³-hybridized carbons (Fsp3) is 0.472. The standard InChI is InChI=1S/C36H35F6N7O4S3/c37-25-5-1-4-24(32(39)40)31(25)56(52,53)47-26-6-2-3-23(28(26)38)29-30(27-9-10-43-33(45-27)44-19-11-35(12-19)17-55(50,51)18-35)54-34(46-29)49-20-7-8-21(49)16-48(15-20)22-13-36(41,42)14-22/h1-6,9-10,19-22,32,47H,7-8,11-18H2,(H,43,44,45). The van der Waals surface area contributed by atoms with Gasteiger partial charge in [-0.15, -0.1) is 0 Å². The highest BCUT2D eigenvalue weighted by Gasteiger charge is 2.56. The van der Waals surface area contributed by atoms with Gasteiger partial charge in [-0.2, -0.15) is 0 Å². The average Bonchev–Trinajstić information content (AvgIpc) is 3.63. The van der Waals surface area contributed by atoms with E-state index in [0.29, 0.717) is 41.6 Å². The number of likely N-dealkylation sites (tertiary alicyclic amines) is 1. The molecule has 2 atom stereocenters. The van der Waals surface area contributed by atoms with Crippen molar-refractivity contribution in [2.75, 3.05) is 39.5 Å². The van der Waals surface area contributed by atoms with Crippen molar-refractivity contribution in [3.8, 4) is 21.8 Å². The minimum Gasteiger partial charge on any atom is -0.351 e. The van der Waals surface area contributed by atoms with Crippen LogP contribution in [-0.4, -0.2) is 91.4 Å². The molecule has 5 heterocycles. The number of piperazine rings is 1. The molecule has 5 fully saturated rings. The van der Waals surface area contributed by atoms with Crippen LogP contribution in [0.15, 0.2) is 53.6 Å². The predicted octanol–water partition coefficient (Wildman–Crippen LogP) is 6.72. The summed E-state index contributed by atoms with van der Waals surface area (Å²) < 4.78 is 139. The maximum absolute atomic E-state index is 16.6. The Morgan fingerprint density at radius 2 is 1.61 bits per heavy atom. The SMILES string of the molecule is O=S1(=O)CC2(CC(Nc3nccc(-c4sc(N5C6CCC5CN(C5CC(F)(F)C5)C6)nc4-c4cccc(NS(=O)(=O)c5c(F)cccc5C(F)F)c4F)n3)C2)C1. The Kier molecular flexibility index (Phi) is 8.90. The van der Waals surface area contributed by atoms with E-state index in [1.165, 1.54) is 29.7 Å². The molecule has 20 heteroatoms. The molecular formula is C36H35F6N7O4S3.